The van der Waals surface area contributed by atoms with Gasteiger partial charge in [-0.05, 0) is 18.1 Å². The summed E-state index contributed by atoms with van der Waals surface area (Å²) in [7, 11) is 0. The first-order chi connectivity index (χ1) is 6.23. The fourth-order valence-corrected chi connectivity index (χ4v) is 1.38. The van der Waals surface area contributed by atoms with Crippen molar-refractivity contribution in [3.63, 3.8) is 0 Å². The fourth-order valence-electron chi connectivity index (χ4n) is 1.38. The second-order valence-corrected chi connectivity index (χ2v) is 3.47. The zero-order valence-electron chi connectivity index (χ0n) is 8.38. The number of rotatable bonds is 4. The van der Waals surface area contributed by atoms with E-state index in [1.807, 2.05) is 18.3 Å². The second kappa shape index (κ2) is 4.13. The van der Waals surface area contributed by atoms with E-state index in [0.717, 1.165) is 6.42 Å². The molecule has 0 saturated heterocycles. The first kappa shape index (κ1) is 9.85. The highest BCUT2D eigenvalue weighted by Gasteiger charge is 2.20. The minimum absolute atomic E-state index is 0.133. The highest BCUT2D eigenvalue weighted by atomic mass is 14.6. The molecule has 13 heavy (non-hydrogen) atoms. The van der Waals surface area contributed by atoms with Crippen LogP contribution in [0.15, 0.2) is 43.3 Å². The molecule has 1 aromatic rings. The molecule has 0 fully saturated rings. The summed E-state index contributed by atoms with van der Waals surface area (Å²) in [6, 6.07) is 2.12. The van der Waals surface area contributed by atoms with E-state index in [1.165, 1.54) is 5.56 Å². The summed E-state index contributed by atoms with van der Waals surface area (Å²) in [4.78, 5) is 3.09. The fraction of sp³-hybridized carbons (Fsp3) is 0.333. The Hall–Kier alpha value is -1.24. The lowest BCUT2D eigenvalue weighted by Gasteiger charge is -2.22. The van der Waals surface area contributed by atoms with Crippen LogP contribution in [-0.4, -0.2) is 4.98 Å². The smallest absolute Gasteiger partial charge is 0.0119 e. The molecule has 1 atom stereocenters. The summed E-state index contributed by atoms with van der Waals surface area (Å²) in [5.74, 6) is 0. The molecule has 0 aliphatic carbocycles. The van der Waals surface area contributed by atoms with Crippen molar-refractivity contribution in [2.75, 3.05) is 0 Å². The maximum absolute atomic E-state index is 3.68. The van der Waals surface area contributed by atoms with Crippen LogP contribution in [0.3, 0.4) is 0 Å². The molecule has 0 aliphatic rings. The van der Waals surface area contributed by atoms with E-state index < -0.39 is 0 Å². The van der Waals surface area contributed by atoms with Crippen molar-refractivity contribution >= 4 is 0 Å². The largest absolute Gasteiger partial charge is 0.367 e. The average molecular weight is 175 g/mol. The third-order valence-electron chi connectivity index (χ3n) is 2.59. The monoisotopic (exact) mass is 175 g/mol. The first-order valence-corrected chi connectivity index (χ1v) is 4.66. The number of aromatic nitrogens is 1. The number of H-pyrrole nitrogens is 1. The summed E-state index contributed by atoms with van der Waals surface area (Å²) >= 11 is 0. The van der Waals surface area contributed by atoms with Crippen LogP contribution in [0.2, 0.25) is 0 Å². The highest BCUT2D eigenvalue weighted by Crippen LogP contribution is 2.28. The van der Waals surface area contributed by atoms with Gasteiger partial charge in [0.15, 0.2) is 0 Å². The van der Waals surface area contributed by atoms with E-state index in [4.69, 9.17) is 0 Å². The molecule has 0 aliphatic heterocycles. The lowest BCUT2D eigenvalue weighted by atomic mass is 9.81. The molecule has 1 heterocycles. The zero-order chi connectivity index (χ0) is 9.73. The minimum atomic E-state index is 0.133. The minimum Gasteiger partial charge on any atom is -0.367 e. The van der Waals surface area contributed by atoms with Gasteiger partial charge < -0.3 is 4.98 Å². The van der Waals surface area contributed by atoms with Gasteiger partial charge in [-0.1, -0.05) is 38.7 Å². The van der Waals surface area contributed by atoms with E-state index in [0.29, 0.717) is 0 Å². The number of aromatic amines is 1. The standard InChI is InChI=1S/C12H17N/c1-4-6-8-12(3,5-2)11-7-9-13-10-11/h4,6-10,13H,1,5H2,2-3H3/b8-6-. The Morgan fingerprint density at radius 3 is 2.85 bits per heavy atom. The molecule has 1 aromatic heterocycles. The average Bonchev–Trinajstić information content (AvgIpc) is 2.67. The van der Waals surface area contributed by atoms with Crippen LogP contribution >= 0.6 is 0 Å². The Kier molecular flexibility index (Phi) is 3.13. The SMILES string of the molecule is C=C/C=C\C(C)(CC)c1cc[nH]c1. The van der Waals surface area contributed by atoms with E-state index >= 15 is 0 Å². The van der Waals surface area contributed by atoms with Crippen LogP contribution in [0.5, 0.6) is 0 Å². The molecule has 0 spiro atoms. The van der Waals surface area contributed by atoms with E-state index in [1.54, 1.807) is 0 Å². The molecule has 1 unspecified atom stereocenters. The van der Waals surface area contributed by atoms with E-state index in [9.17, 15) is 0 Å². The topological polar surface area (TPSA) is 15.8 Å². The second-order valence-electron chi connectivity index (χ2n) is 3.47. The maximum Gasteiger partial charge on any atom is 0.0119 e. The van der Waals surface area contributed by atoms with Gasteiger partial charge in [-0.25, -0.2) is 0 Å². The molecule has 0 saturated carbocycles. The van der Waals surface area contributed by atoms with Gasteiger partial charge in [0, 0.05) is 17.8 Å². The predicted molar refractivity (Wildman–Crippen MR) is 57.8 cm³/mol. The van der Waals surface area contributed by atoms with E-state index in [-0.39, 0.29) is 5.41 Å². The van der Waals surface area contributed by atoms with Gasteiger partial charge in [0.05, 0.1) is 0 Å². The van der Waals surface area contributed by atoms with Crippen LogP contribution in [0.4, 0.5) is 0 Å². The molecule has 1 N–H and O–H groups in total. The number of allylic oxidation sites excluding steroid dienone is 3. The quantitative estimate of drug-likeness (QED) is 0.675. The maximum atomic E-state index is 3.68. The van der Waals surface area contributed by atoms with Gasteiger partial charge in [-0.2, -0.15) is 0 Å². The van der Waals surface area contributed by atoms with Crippen molar-refractivity contribution in [2.24, 2.45) is 0 Å². The molecule has 0 amide bonds. The third kappa shape index (κ3) is 2.11. The van der Waals surface area contributed by atoms with Gasteiger partial charge in [0.1, 0.15) is 0 Å². The number of hydrogen-bond acceptors (Lipinski definition) is 0. The van der Waals surface area contributed by atoms with Gasteiger partial charge in [0.25, 0.3) is 0 Å². The van der Waals surface area contributed by atoms with Gasteiger partial charge in [-0.3, -0.25) is 0 Å². The Balaban J connectivity index is 2.93. The van der Waals surface area contributed by atoms with Gasteiger partial charge in [-0.15, -0.1) is 0 Å². The third-order valence-corrected chi connectivity index (χ3v) is 2.59. The normalized spacial score (nSPS) is 15.8. The number of nitrogens with one attached hydrogen (secondary N) is 1. The zero-order valence-corrected chi connectivity index (χ0v) is 8.38. The van der Waals surface area contributed by atoms with Gasteiger partial charge in [0.2, 0.25) is 0 Å². The van der Waals surface area contributed by atoms with Crippen LogP contribution < -0.4 is 0 Å². The molecule has 70 valence electrons. The van der Waals surface area contributed by atoms with Crippen molar-refractivity contribution in [3.8, 4) is 0 Å². The van der Waals surface area contributed by atoms with Crippen molar-refractivity contribution in [2.45, 2.75) is 25.7 Å². The molecule has 0 radical (unpaired) electrons. The van der Waals surface area contributed by atoms with Gasteiger partial charge >= 0.3 is 0 Å². The highest BCUT2D eigenvalue weighted by molar-refractivity contribution is 5.28. The Morgan fingerprint density at radius 1 is 1.62 bits per heavy atom. The molecular weight excluding hydrogens is 158 g/mol. The van der Waals surface area contributed by atoms with Crippen molar-refractivity contribution in [1.29, 1.82) is 0 Å². The predicted octanol–water partition coefficient (Wildman–Crippen LogP) is 3.42. The lowest BCUT2D eigenvalue weighted by Crippen LogP contribution is -2.16. The van der Waals surface area contributed by atoms with Crippen LogP contribution in [0, 0.1) is 0 Å². The summed E-state index contributed by atoms with van der Waals surface area (Å²) in [6.07, 6.45) is 11.1. The van der Waals surface area contributed by atoms with Crippen molar-refractivity contribution < 1.29 is 0 Å². The summed E-state index contributed by atoms with van der Waals surface area (Å²) in [6.45, 7) is 8.11. The summed E-state index contributed by atoms with van der Waals surface area (Å²) in [5.41, 5.74) is 1.46. The summed E-state index contributed by atoms with van der Waals surface area (Å²) < 4.78 is 0. The molecule has 1 heteroatoms. The Morgan fingerprint density at radius 2 is 2.38 bits per heavy atom. The summed E-state index contributed by atoms with van der Waals surface area (Å²) in [5, 5.41) is 0. The molecule has 0 bridgehead atoms. The lowest BCUT2D eigenvalue weighted by molar-refractivity contribution is 0.573. The van der Waals surface area contributed by atoms with E-state index in [2.05, 4.69) is 43.7 Å². The molecular formula is C12H17N. The Bertz CT molecular complexity index is 282. The number of hydrogen-bond donors (Lipinski definition) is 1. The Labute approximate surface area is 80.2 Å². The molecule has 1 nitrogen and oxygen atoms in total. The van der Waals surface area contributed by atoms with Crippen molar-refractivity contribution in [1.82, 2.24) is 4.98 Å². The van der Waals surface area contributed by atoms with Crippen molar-refractivity contribution in [3.05, 3.63) is 48.8 Å². The molecule has 1 rings (SSSR count). The van der Waals surface area contributed by atoms with Crippen LogP contribution in [0.25, 0.3) is 0 Å². The van der Waals surface area contributed by atoms with Crippen LogP contribution in [-0.2, 0) is 5.41 Å². The molecule has 0 aromatic carbocycles. The first-order valence-electron chi connectivity index (χ1n) is 4.66. The van der Waals surface area contributed by atoms with Crippen LogP contribution in [0.1, 0.15) is 25.8 Å².